The van der Waals surface area contributed by atoms with E-state index in [0.717, 1.165) is 29.5 Å². The van der Waals surface area contributed by atoms with Gasteiger partial charge in [-0.3, -0.25) is 9.59 Å². The molecule has 0 heterocycles. The Hall–Kier alpha value is -2.42. The summed E-state index contributed by atoms with van der Waals surface area (Å²) < 4.78 is 0. The molecule has 3 heteroatoms. The third kappa shape index (κ3) is 4.04. The van der Waals surface area contributed by atoms with Crippen molar-refractivity contribution in [1.82, 2.24) is 5.32 Å². The first-order valence-electron chi connectivity index (χ1n) is 9.43. The molecule has 0 aromatic heterocycles. The van der Waals surface area contributed by atoms with E-state index in [2.05, 4.69) is 29.6 Å². The molecule has 1 amide bonds. The second kappa shape index (κ2) is 7.86. The molecule has 0 spiro atoms. The van der Waals surface area contributed by atoms with Gasteiger partial charge in [0.2, 0.25) is 5.91 Å². The van der Waals surface area contributed by atoms with Gasteiger partial charge in [-0.25, -0.2) is 0 Å². The van der Waals surface area contributed by atoms with Crippen LogP contribution in [0.4, 0.5) is 0 Å². The Kier molecular flexibility index (Phi) is 5.55. The highest BCUT2D eigenvalue weighted by Crippen LogP contribution is 2.43. The van der Waals surface area contributed by atoms with E-state index < -0.39 is 0 Å². The fourth-order valence-electron chi connectivity index (χ4n) is 3.72. The third-order valence-corrected chi connectivity index (χ3v) is 5.59. The van der Waals surface area contributed by atoms with E-state index in [4.69, 9.17) is 0 Å². The van der Waals surface area contributed by atoms with Gasteiger partial charge in [0, 0.05) is 30.4 Å². The molecule has 26 heavy (non-hydrogen) atoms. The van der Waals surface area contributed by atoms with Crippen molar-refractivity contribution in [2.24, 2.45) is 0 Å². The summed E-state index contributed by atoms with van der Waals surface area (Å²) in [7, 11) is 0. The molecule has 136 valence electrons. The molecule has 2 aromatic rings. The van der Waals surface area contributed by atoms with E-state index in [-0.39, 0.29) is 29.9 Å². The highest BCUT2D eigenvalue weighted by molar-refractivity contribution is 5.99. The minimum absolute atomic E-state index is 0.0362. The van der Waals surface area contributed by atoms with Crippen LogP contribution in [-0.4, -0.2) is 18.2 Å². The number of benzene rings is 2. The molecular formula is C23H27NO2. The summed E-state index contributed by atoms with van der Waals surface area (Å²) >= 11 is 0. The van der Waals surface area contributed by atoms with Crippen molar-refractivity contribution < 1.29 is 9.59 Å². The topological polar surface area (TPSA) is 46.2 Å². The van der Waals surface area contributed by atoms with Gasteiger partial charge in [0.15, 0.2) is 5.78 Å². The molecule has 1 saturated carbocycles. The van der Waals surface area contributed by atoms with Gasteiger partial charge in [0.25, 0.3) is 0 Å². The fourth-order valence-corrected chi connectivity index (χ4v) is 3.72. The highest BCUT2D eigenvalue weighted by atomic mass is 16.2. The van der Waals surface area contributed by atoms with Crippen molar-refractivity contribution in [3.05, 3.63) is 70.8 Å². The summed E-state index contributed by atoms with van der Waals surface area (Å²) in [5, 5.41) is 3.07. The molecule has 0 aliphatic heterocycles. The van der Waals surface area contributed by atoms with E-state index >= 15 is 0 Å². The number of carbonyl (C=O) groups is 2. The Morgan fingerprint density at radius 1 is 1.00 bits per heavy atom. The second-order valence-electron chi connectivity index (χ2n) is 7.52. The molecule has 0 atom stereocenters. The fraction of sp³-hybridized carbons (Fsp3) is 0.391. The predicted molar refractivity (Wildman–Crippen MR) is 104 cm³/mol. The molecular weight excluding hydrogens is 322 g/mol. The van der Waals surface area contributed by atoms with E-state index in [1.165, 1.54) is 12.0 Å². The minimum Gasteiger partial charge on any atom is -0.355 e. The molecule has 0 saturated heterocycles. The van der Waals surface area contributed by atoms with Crippen molar-refractivity contribution in [3.8, 4) is 0 Å². The number of nitrogens with one attached hydrogen (secondary N) is 1. The number of amides is 1. The minimum atomic E-state index is -0.0362. The van der Waals surface area contributed by atoms with Crippen molar-refractivity contribution in [1.29, 1.82) is 0 Å². The number of carbonyl (C=O) groups excluding carboxylic acids is 2. The molecule has 3 nitrogen and oxygen atoms in total. The summed E-state index contributed by atoms with van der Waals surface area (Å²) in [5.74, 6) is 0.00799. The van der Waals surface area contributed by atoms with E-state index in [1.807, 2.05) is 38.1 Å². The number of hydrogen-bond donors (Lipinski definition) is 1. The van der Waals surface area contributed by atoms with Gasteiger partial charge in [-0.2, -0.15) is 0 Å². The molecule has 1 aliphatic carbocycles. The van der Waals surface area contributed by atoms with Crippen LogP contribution in [0.2, 0.25) is 0 Å². The van der Waals surface area contributed by atoms with E-state index in [1.54, 1.807) is 0 Å². The van der Waals surface area contributed by atoms with Crippen LogP contribution in [0.5, 0.6) is 0 Å². The third-order valence-electron chi connectivity index (χ3n) is 5.59. The number of ketones is 1. The van der Waals surface area contributed by atoms with Gasteiger partial charge in [-0.15, -0.1) is 0 Å². The maximum absolute atomic E-state index is 12.4. The van der Waals surface area contributed by atoms with Gasteiger partial charge in [0.05, 0.1) is 0 Å². The largest absolute Gasteiger partial charge is 0.355 e. The lowest BCUT2D eigenvalue weighted by Gasteiger charge is -2.42. The van der Waals surface area contributed by atoms with Gasteiger partial charge in [-0.1, -0.05) is 54.4 Å². The normalized spacial score (nSPS) is 15.2. The van der Waals surface area contributed by atoms with Crippen LogP contribution >= 0.6 is 0 Å². The average molecular weight is 349 g/mol. The average Bonchev–Trinajstić information content (AvgIpc) is 2.61. The molecule has 1 fully saturated rings. The van der Waals surface area contributed by atoms with Crippen LogP contribution in [0.3, 0.4) is 0 Å². The summed E-state index contributed by atoms with van der Waals surface area (Å²) in [6.45, 7) is 4.57. The number of rotatable bonds is 7. The van der Waals surface area contributed by atoms with E-state index in [9.17, 15) is 9.59 Å². The molecule has 1 N–H and O–H groups in total. The van der Waals surface area contributed by atoms with E-state index in [0.29, 0.717) is 6.54 Å². The number of hydrogen-bond acceptors (Lipinski definition) is 2. The standard InChI is InChI=1S/C23H27NO2/c1-17-9-10-18(2)20(15-17)21(25)11-12-22(26)24-16-23(13-6-14-23)19-7-4-3-5-8-19/h3-5,7-10,15H,6,11-14,16H2,1-2H3,(H,24,26). The second-order valence-corrected chi connectivity index (χ2v) is 7.52. The van der Waals surface area contributed by atoms with Gasteiger partial charge in [0.1, 0.15) is 0 Å². The Labute approximate surface area is 155 Å². The number of Topliss-reactive ketones (excluding diaryl/α,β-unsaturated/α-hetero) is 1. The van der Waals surface area contributed by atoms with Crippen molar-refractivity contribution in [3.63, 3.8) is 0 Å². The summed E-state index contributed by atoms with van der Waals surface area (Å²) in [6, 6.07) is 16.3. The zero-order valence-electron chi connectivity index (χ0n) is 15.7. The van der Waals surface area contributed by atoms with Crippen LogP contribution in [0.25, 0.3) is 0 Å². The summed E-state index contributed by atoms with van der Waals surface area (Å²) in [5.41, 5.74) is 4.15. The monoisotopic (exact) mass is 349 g/mol. The Bertz CT molecular complexity index is 791. The van der Waals surface area contributed by atoms with Crippen LogP contribution in [0, 0.1) is 13.8 Å². The lowest BCUT2D eigenvalue weighted by Crippen LogP contribution is -2.45. The SMILES string of the molecule is Cc1ccc(C)c(C(=O)CCC(=O)NCC2(c3ccccc3)CCC2)c1. The molecule has 0 radical (unpaired) electrons. The zero-order valence-corrected chi connectivity index (χ0v) is 15.7. The molecule has 2 aromatic carbocycles. The molecule has 0 bridgehead atoms. The Morgan fingerprint density at radius 3 is 2.38 bits per heavy atom. The highest BCUT2D eigenvalue weighted by Gasteiger charge is 2.38. The van der Waals surface area contributed by atoms with Crippen molar-refractivity contribution in [2.45, 2.75) is 51.4 Å². The summed E-state index contributed by atoms with van der Waals surface area (Å²) in [6.07, 6.45) is 3.93. The first-order valence-corrected chi connectivity index (χ1v) is 9.43. The first-order chi connectivity index (χ1) is 12.5. The van der Waals surface area contributed by atoms with Crippen molar-refractivity contribution in [2.75, 3.05) is 6.54 Å². The van der Waals surface area contributed by atoms with Crippen LogP contribution in [0.15, 0.2) is 48.5 Å². The maximum Gasteiger partial charge on any atom is 0.220 e. The van der Waals surface area contributed by atoms with Crippen LogP contribution in [0.1, 0.15) is 59.2 Å². The van der Waals surface area contributed by atoms with Crippen LogP contribution in [-0.2, 0) is 10.2 Å². The Morgan fingerprint density at radius 2 is 1.73 bits per heavy atom. The van der Waals surface area contributed by atoms with Crippen LogP contribution < -0.4 is 5.32 Å². The maximum atomic E-state index is 12.4. The zero-order chi connectivity index (χ0) is 18.6. The molecule has 1 aliphatic rings. The molecule has 0 unspecified atom stereocenters. The summed E-state index contributed by atoms with van der Waals surface area (Å²) in [4.78, 5) is 24.7. The van der Waals surface area contributed by atoms with Gasteiger partial charge in [-0.05, 0) is 43.9 Å². The predicted octanol–water partition coefficient (Wildman–Crippen LogP) is 4.50. The quantitative estimate of drug-likeness (QED) is 0.748. The lowest BCUT2D eigenvalue weighted by molar-refractivity contribution is -0.121. The smallest absolute Gasteiger partial charge is 0.220 e. The van der Waals surface area contributed by atoms with Crippen molar-refractivity contribution >= 4 is 11.7 Å². The van der Waals surface area contributed by atoms with Gasteiger partial charge >= 0.3 is 0 Å². The molecule has 3 rings (SSSR count). The lowest BCUT2D eigenvalue weighted by atomic mass is 9.64. The first kappa shape index (κ1) is 18.4. The van der Waals surface area contributed by atoms with Gasteiger partial charge < -0.3 is 5.32 Å². The number of aryl methyl sites for hydroxylation is 2. The Balaban J connectivity index is 1.53.